The van der Waals surface area contributed by atoms with Gasteiger partial charge >= 0.3 is 42.6 Å². The molecule has 5 heteroatoms. The van der Waals surface area contributed by atoms with Crippen molar-refractivity contribution in [3.05, 3.63) is 149 Å². The Labute approximate surface area is 251 Å². The van der Waals surface area contributed by atoms with Crippen molar-refractivity contribution in [3.63, 3.8) is 0 Å². The van der Waals surface area contributed by atoms with Crippen molar-refractivity contribution >= 4 is 51.5 Å². The van der Waals surface area contributed by atoms with E-state index in [9.17, 15) is 0 Å². The quantitative estimate of drug-likeness (QED) is 0.108. The summed E-state index contributed by atoms with van der Waals surface area (Å²) in [6.07, 6.45) is 0. The SMILES string of the molecule is Cc1cccc([Si](c2cccc(C)c2)(c2cccc(C)c2)C2c3[c-]cccc3-c3ccccc32)c1.[Cl][Ti+]([Cl])[Cl]. The van der Waals surface area contributed by atoms with Crippen molar-refractivity contribution in [1.29, 1.82) is 0 Å². The summed E-state index contributed by atoms with van der Waals surface area (Å²) >= 11 is -1.92. The number of benzene rings is 5. The molecule has 0 spiro atoms. The molecule has 0 saturated carbocycles. The summed E-state index contributed by atoms with van der Waals surface area (Å²) in [5, 5.41) is 4.37. The van der Waals surface area contributed by atoms with Crippen LogP contribution < -0.4 is 15.6 Å². The molecule has 0 amide bonds. The van der Waals surface area contributed by atoms with Gasteiger partial charge in [-0.05, 0) is 47.4 Å². The number of aryl methyl sites for hydroxylation is 3. The summed E-state index contributed by atoms with van der Waals surface area (Å²) in [7, 11) is 12.3. The summed E-state index contributed by atoms with van der Waals surface area (Å²) in [5.41, 5.74) is 9.62. The molecule has 5 aromatic carbocycles. The van der Waals surface area contributed by atoms with Gasteiger partial charge in [0.05, 0.1) is 0 Å². The summed E-state index contributed by atoms with van der Waals surface area (Å²) in [6.45, 7) is 6.66. The molecule has 194 valence electrons. The van der Waals surface area contributed by atoms with E-state index < -0.39 is 22.8 Å². The van der Waals surface area contributed by atoms with Crippen LogP contribution in [0, 0.1) is 26.8 Å². The van der Waals surface area contributed by atoms with Crippen LogP contribution in [0.2, 0.25) is 0 Å². The van der Waals surface area contributed by atoms with Crippen molar-refractivity contribution in [2.75, 3.05) is 0 Å². The molecule has 0 heterocycles. The molecule has 0 fully saturated rings. The first-order valence-corrected chi connectivity index (χ1v) is 21.5. The second-order valence-electron chi connectivity index (χ2n) is 10.1. The van der Waals surface area contributed by atoms with Crippen LogP contribution in [0.4, 0.5) is 0 Å². The zero-order valence-corrected chi connectivity index (χ0v) is 27.0. The van der Waals surface area contributed by atoms with Gasteiger partial charge in [0.15, 0.2) is 8.07 Å². The number of hydrogen-bond acceptors (Lipinski definition) is 0. The van der Waals surface area contributed by atoms with Crippen molar-refractivity contribution < 1.29 is 14.7 Å². The Morgan fingerprint density at radius 2 is 1.05 bits per heavy atom. The number of halogens is 3. The first kappa shape index (κ1) is 28.4. The molecular formula is C34H29Cl3SiTi. The van der Waals surface area contributed by atoms with Crippen molar-refractivity contribution in [2.24, 2.45) is 0 Å². The zero-order chi connectivity index (χ0) is 27.6. The number of hydrogen-bond donors (Lipinski definition) is 0. The van der Waals surface area contributed by atoms with Gasteiger partial charge in [-0.1, -0.05) is 119 Å². The van der Waals surface area contributed by atoms with E-state index in [0.717, 1.165) is 0 Å². The van der Waals surface area contributed by atoms with Gasteiger partial charge in [0.2, 0.25) is 0 Å². The van der Waals surface area contributed by atoms with E-state index in [-0.39, 0.29) is 5.54 Å². The Morgan fingerprint density at radius 1 is 0.590 bits per heavy atom. The fourth-order valence-electron chi connectivity index (χ4n) is 6.19. The second-order valence-corrected chi connectivity index (χ2v) is 21.8. The molecule has 1 atom stereocenters. The third kappa shape index (κ3) is 5.59. The van der Waals surface area contributed by atoms with Gasteiger partial charge in [0, 0.05) is 0 Å². The second kappa shape index (κ2) is 12.2. The minimum absolute atomic E-state index is 0.236. The molecule has 1 aliphatic carbocycles. The molecule has 39 heavy (non-hydrogen) atoms. The molecule has 6 rings (SSSR count). The summed E-state index contributed by atoms with van der Waals surface area (Å²) in [5.74, 6) is 0. The molecule has 1 aliphatic rings. The fraction of sp³-hybridized carbons (Fsp3) is 0.118. The normalized spacial score (nSPS) is 13.6. The molecular weight excluding hydrogens is 591 g/mol. The van der Waals surface area contributed by atoms with Crippen LogP contribution in [-0.4, -0.2) is 8.07 Å². The Balaban J connectivity index is 0.000000723. The molecule has 1 unspecified atom stereocenters. The van der Waals surface area contributed by atoms with Gasteiger partial charge in [0.25, 0.3) is 0 Å². The molecule has 0 radical (unpaired) electrons. The maximum atomic E-state index is 4.97. The van der Waals surface area contributed by atoms with Gasteiger partial charge < -0.3 is 0 Å². The summed E-state index contributed by atoms with van der Waals surface area (Å²) in [6, 6.07) is 47.2. The monoisotopic (exact) mass is 618 g/mol. The van der Waals surface area contributed by atoms with Crippen molar-refractivity contribution in [2.45, 2.75) is 26.3 Å². The third-order valence-corrected chi connectivity index (χ3v) is 12.7. The minimum atomic E-state index is -2.62. The van der Waals surface area contributed by atoms with E-state index in [2.05, 4.69) is 142 Å². The average molecular weight is 620 g/mol. The molecule has 0 aromatic heterocycles. The van der Waals surface area contributed by atoms with E-state index in [1.807, 2.05) is 0 Å². The summed E-state index contributed by atoms with van der Waals surface area (Å²) in [4.78, 5) is 0. The molecule has 0 aliphatic heterocycles. The van der Waals surface area contributed by atoms with Gasteiger partial charge in [0.1, 0.15) is 0 Å². The number of rotatable bonds is 4. The zero-order valence-electron chi connectivity index (χ0n) is 22.2. The summed E-state index contributed by atoms with van der Waals surface area (Å²) < 4.78 is 0. The first-order chi connectivity index (χ1) is 18.8. The van der Waals surface area contributed by atoms with Crippen molar-refractivity contribution in [3.8, 4) is 11.1 Å². The van der Waals surface area contributed by atoms with E-state index in [1.165, 1.54) is 54.5 Å². The van der Waals surface area contributed by atoms with Crippen LogP contribution in [0.15, 0.2) is 115 Å². The van der Waals surface area contributed by atoms with E-state index >= 15 is 0 Å². The third-order valence-electron chi connectivity index (χ3n) is 7.59. The molecule has 0 N–H and O–H groups in total. The van der Waals surface area contributed by atoms with Crippen LogP contribution in [0.1, 0.15) is 33.4 Å². The molecule has 0 saturated heterocycles. The topological polar surface area (TPSA) is 0 Å². The molecule has 0 nitrogen and oxygen atoms in total. The Morgan fingerprint density at radius 3 is 1.54 bits per heavy atom. The van der Waals surface area contributed by atoms with Crippen LogP contribution in [-0.2, 0) is 14.7 Å². The van der Waals surface area contributed by atoms with E-state index in [4.69, 9.17) is 27.9 Å². The van der Waals surface area contributed by atoms with Gasteiger partial charge in [-0.15, -0.1) is 11.1 Å². The van der Waals surface area contributed by atoms with E-state index in [1.54, 1.807) is 0 Å². The Hall–Kier alpha value is -2.10. The van der Waals surface area contributed by atoms with Gasteiger partial charge in [-0.3, -0.25) is 0 Å². The van der Waals surface area contributed by atoms with Crippen LogP contribution in [0.5, 0.6) is 0 Å². The average Bonchev–Trinajstić information content (AvgIpc) is 3.24. The Bertz CT molecular complexity index is 1450. The molecule has 0 bridgehead atoms. The first-order valence-electron chi connectivity index (χ1n) is 13.0. The van der Waals surface area contributed by atoms with Crippen LogP contribution in [0.3, 0.4) is 0 Å². The fourth-order valence-corrected chi connectivity index (χ4v) is 12.0. The van der Waals surface area contributed by atoms with Gasteiger partial charge in [-0.2, -0.15) is 24.3 Å². The van der Waals surface area contributed by atoms with E-state index in [0.29, 0.717) is 0 Å². The Kier molecular flexibility index (Phi) is 8.88. The van der Waals surface area contributed by atoms with Crippen LogP contribution >= 0.6 is 27.9 Å². The molecule has 5 aromatic rings. The number of fused-ring (bicyclic) bond motifs is 3. The van der Waals surface area contributed by atoms with Gasteiger partial charge in [-0.25, -0.2) is 0 Å². The standard InChI is InChI=1S/C34H29Si.3ClH.Ti/c1-24-11-8-14-27(21-24)35(28-15-9-12-25(2)22-28,29-16-10-13-26(3)23-29)34-32-19-6-4-17-30(32)31-18-5-7-20-33(31)34;;;;/h4-19,21-23,34H,1-3H3;3*1H;/q-1;;;;+4/p-3. The predicted octanol–water partition coefficient (Wildman–Crippen LogP) is 8.30. The maximum absolute atomic E-state index is 4.97. The predicted molar refractivity (Wildman–Crippen MR) is 168 cm³/mol. The van der Waals surface area contributed by atoms with Crippen molar-refractivity contribution in [1.82, 2.24) is 0 Å². The van der Waals surface area contributed by atoms with Crippen LogP contribution in [0.25, 0.3) is 11.1 Å².